The molecule has 2 atom stereocenters. The van der Waals surface area contributed by atoms with Gasteiger partial charge in [-0.15, -0.1) is 0 Å². The van der Waals surface area contributed by atoms with E-state index in [1.807, 2.05) is 0 Å². The first-order valence-electron chi connectivity index (χ1n) is 7.25. The van der Waals surface area contributed by atoms with Crippen molar-refractivity contribution in [1.82, 2.24) is 10.2 Å². The lowest BCUT2D eigenvalue weighted by Crippen LogP contribution is -2.31. The zero-order valence-electron chi connectivity index (χ0n) is 11.4. The molecular formula is C16H24N2. The van der Waals surface area contributed by atoms with Crippen LogP contribution in [0.3, 0.4) is 0 Å². The molecule has 3 rings (SSSR count). The average molecular weight is 244 g/mol. The van der Waals surface area contributed by atoms with Gasteiger partial charge in [0.25, 0.3) is 0 Å². The normalized spacial score (nSPS) is 30.1. The Morgan fingerprint density at radius 1 is 1.28 bits per heavy atom. The van der Waals surface area contributed by atoms with Crippen LogP contribution in [0.4, 0.5) is 0 Å². The van der Waals surface area contributed by atoms with Gasteiger partial charge in [0.05, 0.1) is 0 Å². The van der Waals surface area contributed by atoms with E-state index in [9.17, 15) is 0 Å². The fourth-order valence-corrected chi connectivity index (χ4v) is 3.60. The van der Waals surface area contributed by atoms with Crippen molar-refractivity contribution in [2.24, 2.45) is 5.41 Å². The molecule has 2 fully saturated rings. The summed E-state index contributed by atoms with van der Waals surface area (Å²) in [6.07, 6.45) is 2.77. The first-order chi connectivity index (χ1) is 8.77. The van der Waals surface area contributed by atoms with E-state index in [-0.39, 0.29) is 0 Å². The molecule has 0 aromatic heterocycles. The van der Waals surface area contributed by atoms with E-state index in [0.717, 1.165) is 0 Å². The van der Waals surface area contributed by atoms with Crippen LogP contribution in [0.2, 0.25) is 0 Å². The summed E-state index contributed by atoms with van der Waals surface area (Å²) in [4.78, 5) is 2.67. The van der Waals surface area contributed by atoms with E-state index < -0.39 is 0 Å². The second-order valence-electron chi connectivity index (χ2n) is 6.22. The van der Waals surface area contributed by atoms with Crippen LogP contribution < -0.4 is 5.32 Å². The maximum absolute atomic E-state index is 3.53. The molecule has 2 aliphatic heterocycles. The number of likely N-dealkylation sites (tertiary alicyclic amines) is 1. The maximum atomic E-state index is 3.53. The number of benzene rings is 1. The summed E-state index contributed by atoms with van der Waals surface area (Å²) in [5, 5.41) is 3.53. The van der Waals surface area contributed by atoms with Gasteiger partial charge in [-0.1, -0.05) is 37.3 Å². The Balaban J connectivity index is 1.58. The van der Waals surface area contributed by atoms with E-state index in [1.54, 1.807) is 0 Å². The van der Waals surface area contributed by atoms with Crippen LogP contribution in [0.1, 0.15) is 31.2 Å². The van der Waals surface area contributed by atoms with Crippen molar-refractivity contribution in [3.63, 3.8) is 0 Å². The lowest BCUT2D eigenvalue weighted by molar-refractivity contribution is 0.265. The monoisotopic (exact) mass is 244 g/mol. The van der Waals surface area contributed by atoms with Crippen LogP contribution in [0.25, 0.3) is 0 Å². The fraction of sp³-hybridized carbons (Fsp3) is 0.625. The molecule has 98 valence electrons. The fourth-order valence-electron chi connectivity index (χ4n) is 3.60. The number of hydrogen-bond donors (Lipinski definition) is 1. The summed E-state index contributed by atoms with van der Waals surface area (Å²) in [5.41, 5.74) is 2.08. The van der Waals surface area contributed by atoms with Crippen molar-refractivity contribution in [2.75, 3.05) is 32.7 Å². The third-order valence-corrected chi connectivity index (χ3v) is 4.75. The summed E-state index contributed by atoms with van der Waals surface area (Å²) in [5.74, 6) is 0.649. The van der Waals surface area contributed by atoms with E-state index in [0.29, 0.717) is 11.3 Å². The summed E-state index contributed by atoms with van der Waals surface area (Å²) < 4.78 is 0. The van der Waals surface area contributed by atoms with Crippen LogP contribution in [-0.4, -0.2) is 37.6 Å². The van der Waals surface area contributed by atoms with Crippen molar-refractivity contribution < 1.29 is 0 Å². The van der Waals surface area contributed by atoms with Gasteiger partial charge in [0.15, 0.2) is 0 Å². The highest BCUT2D eigenvalue weighted by molar-refractivity contribution is 5.19. The standard InChI is InChI=1S/C16H24N2/c1-14(15-5-3-2-4-6-15)11-18-10-8-16(13-18)7-9-17-12-16/h2-6,14,17H,7-13H2,1H3. The van der Waals surface area contributed by atoms with Gasteiger partial charge < -0.3 is 10.2 Å². The van der Waals surface area contributed by atoms with Gasteiger partial charge in [0.2, 0.25) is 0 Å². The molecule has 0 saturated carbocycles. The molecule has 0 bridgehead atoms. The van der Waals surface area contributed by atoms with Crippen molar-refractivity contribution in [1.29, 1.82) is 0 Å². The molecule has 1 aromatic carbocycles. The number of hydrogen-bond acceptors (Lipinski definition) is 2. The highest BCUT2D eigenvalue weighted by atomic mass is 15.2. The lowest BCUT2D eigenvalue weighted by atomic mass is 9.86. The molecule has 2 heteroatoms. The van der Waals surface area contributed by atoms with Gasteiger partial charge in [0.1, 0.15) is 0 Å². The molecule has 0 amide bonds. The van der Waals surface area contributed by atoms with Gasteiger partial charge in [-0.05, 0) is 42.8 Å². The van der Waals surface area contributed by atoms with E-state index >= 15 is 0 Å². The van der Waals surface area contributed by atoms with E-state index in [4.69, 9.17) is 0 Å². The number of rotatable bonds is 3. The Kier molecular flexibility index (Phi) is 3.40. The quantitative estimate of drug-likeness (QED) is 0.879. The third-order valence-electron chi connectivity index (χ3n) is 4.75. The van der Waals surface area contributed by atoms with Crippen LogP contribution in [0, 0.1) is 5.41 Å². The molecule has 2 unspecified atom stereocenters. The van der Waals surface area contributed by atoms with E-state index in [1.165, 1.54) is 51.1 Å². The summed E-state index contributed by atoms with van der Waals surface area (Å²) in [7, 11) is 0. The molecule has 2 nitrogen and oxygen atoms in total. The van der Waals surface area contributed by atoms with Gasteiger partial charge >= 0.3 is 0 Å². The van der Waals surface area contributed by atoms with Crippen LogP contribution in [0.5, 0.6) is 0 Å². The molecule has 0 aliphatic carbocycles. The minimum atomic E-state index is 0.608. The van der Waals surface area contributed by atoms with Crippen molar-refractivity contribution in [3.05, 3.63) is 35.9 Å². The second-order valence-corrected chi connectivity index (χ2v) is 6.22. The highest BCUT2D eigenvalue weighted by Gasteiger charge is 2.40. The van der Waals surface area contributed by atoms with Gasteiger partial charge in [0, 0.05) is 19.6 Å². The minimum Gasteiger partial charge on any atom is -0.316 e. The molecule has 1 N–H and O–H groups in total. The topological polar surface area (TPSA) is 15.3 Å². The zero-order valence-corrected chi connectivity index (χ0v) is 11.4. The van der Waals surface area contributed by atoms with Crippen molar-refractivity contribution in [3.8, 4) is 0 Å². The van der Waals surface area contributed by atoms with Crippen molar-refractivity contribution in [2.45, 2.75) is 25.7 Å². The Hall–Kier alpha value is -0.860. The first kappa shape index (κ1) is 12.2. The SMILES string of the molecule is CC(CN1CCC2(CCNC2)C1)c1ccccc1. The van der Waals surface area contributed by atoms with Gasteiger partial charge in [-0.25, -0.2) is 0 Å². The van der Waals surface area contributed by atoms with Crippen LogP contribution in [0.15, 0.2) is 30.3 Å². The van der Waals surface area contributed by atoms with Crippen LogP contribution >= 0.6 is 0 Å². The first-order valence-corrected chi connectivity index (χ1v) is 7.25. The molecule has 2 heterocycles. The van der Waals surface area contributed by atoms with Crippen molar-refractivity contribution >= 4 is 0 Å². The zero-order chi connectivity index (χ0) is 12.4. The van der Waals surface area contributed by atoms with Gasteiger partial charge in [-0.3, -0.25) is 0 Å². The molecule has 1 spiro atoms. The Morgan fingerprint density at radius 2 is 2.11 bits per heavy atom. The average Bonchev–Trinajstić information content (AvgIpc) is 3.02. The molecule has 2 aliphatic rings. The third kappa shape index (κ3) is 2.45. The molecule has 2 saturated heterocycles. The lowest BCUT2D eigenvalue weighted by Gasteiger charge is -2.25. The molecular weight excluding hydrogens is 220 g/mol. The van der Waals surface area contributed by atoms with E-state index in [2.05, 4.69) is 47.5 Å². The van der Waals surface area contributed by atoms with Gasteiger partial charge in [-0.2, -0.15) is 0 Å². The summed E-state index contributed by atoms with van der Waals surface area (Å²) >= 11 is 0. The smallest absolute Gasteiger partial charge is 0.00513 e. The molecule has 0 radical (unpaired) electrons. The second kappa shape index (κ2) is 5.02. The molecule has 18 heavy (non-hydrogen) atoms. The number of nitrogens with zero attached hydrogens (tertiary/aromatic N) is 1. The Bertz CT molecular complexity index is 381. The number of nitrogens with one attached hydrogen (secondary N) is 1. The largest absolute Gasteiger partial charge is 0.316 e. The Labute approximate surface area is 110 Å². The highest BCUT2D eigenvalue weighted by Crippen LogP contribution is 2.36. The van der Waals surface area contributed by atoms with Crippen LogP contribution in [-0.2, 0) is 0 Å². The maximum Gasteiger partial charge on any atom is 0.00513 e. The predicted molar refractivity (Wildman–Crippen MR) is 75.8 cm³/mol. The summed E-state index contributed by atoms with van der Waals surface area (Å²) in [6, 6.07) is 10.9. The minimum absolute atomic E-state index is 0.608. The summed E-state index contributed by atoms with van der Waals surface area (Å²) in [6.45, 7) is 8.63. The molecule has 1 aromatic rings. The predicted octanol–water partition coefficient (Wildman–Crippen LogP) is 2.48. The Morgan fingerprint density at radius 3 is 2.83 bits per heavy atom.